The molecule has 0 saturated heterocycles. The Kier molecular flexibility index (Phi) is 6.50. The van der Waals surface area contributed by atoms with E-state index < -0.39 is 5.97 Å². The summed E-state index contributed by atoms with van der Waals surface area (Å²) < 4.78 is 0. The quantitative estimate of drug-likeness (QED) is 0.707. The van der Waals surface area contributed by atoms with Crippen LogP contribution in [-0.2, 0) is 16.0 Å². The van der Waals surface area contributed by atoms with Crippen molar-refractivity contribution in [1.29, 1.82) is 0 Å². The minimum absolute atomic E-state index is 0.114. The maximum absolute atomic E-state index is 12.4. The number of carboxylic acid groups (broad SMARTS) is 1. The molecule has 1 heterocycles. The van der Waals surface area contributed by atoms with E-state index in [9.17, 15) is 14.7 Å². The van der Waals surface area contributed by atoms with E-state index in [0.717, 1.165) is 42.7 Å². The van der Waals surface area contributed by atoms with E-state index in [4.69, 9.17) is 11.6 Å². The molecule has 1 saturated carbocycles. The van der Waals surface area contributed by atoms with Gasteiger partial charge in [0.1, 0.15) is 5.01 Å². The van der Waals surface area contributed by atoms with Crippen LogP contribution in [-0.4, -0.2) is 28.5 Å². The molecule has 27 heavy (non-hydrogen) atoms. The Bertz CT molecular complexity index is 815. The monoisotopic (exact) mass is 406 g/mol. The summed E-state index contributed by atoms with van der Waals surface area (Å²) in [4.78, 5) is 28.1. The fraction of sp³-hybridized carbons (Fsp3) is 0.450. The molecule has 1 aliphatic rings. The van der Waals surface area contributed by atoms with Crippen LogP contribution in [0.25, 0.3) is 10.6 Å². The zero-order valence-electron chi connectivity index (χ0n) is 15.0. The molecule has 2 aromatic rings. The molecule has 1 aromatic carbocycles. The van der Waals surface area contributed by atoms with Gasteiger partial charge in [-0.1, -0.05) is 43.0 Å². The molecule has 0 atom stereocenters. The van der Waals surface area contributed by atoms with Crippen LogP contribution in [0.5, 0.6) is 0 Å². The number of amides is 1. The van der Waals surface area contributed by atoms with Crippen LogP contribution in [0.2, 0.25) is 5.02 Å². The molecular weight excluding hydrogens is 384 g/mol. The molecule has 144 valence electrons. The second kappa shape index (κ2) is 8.85. The molecule has 1 aliphatic carbocycles. The van der Waals surface area contributed by atoms with Gasteiger partial charge < -0.3 is 10.4 Å². The highest BCUT2D eigenvalue weighted by molar-refractivity contribution is 7.13. The average Bonchev–Trinajstić information content (AvgIpc) is 3.09. The number of hydrogen-bond acceptors (Lipinski definition) is 4. The zero-order chi connectivity index (χ0) is 19.3. The predicted octanol–water partition coefficient (Wildman–Crippen LogP) is 4.55. The second-order valence-electron chi connectivity index (χ2n) is 7.24. The number of halogens is 1. The summed E-state index contributed by atoms with van der Waals surface area (Å²) in [6.07, 6.45) is 5.21. The van der Waals surface area contributed by atoms with Gasteiger partial charge in [0.25, 0.3) is 0 Å². The lowest BCUT2D eigenvalue weighted by atomic mass is 9.71. The third-order valence-corrected chi connectivity index (χ3v) is 6.24. The summed E-state index contributed by atoms with van der Waals surface area (Å²) in [6, 6.07) is 7.47. The molecule has 1 aromatic heterocycles. The molecule has 0 aliphatic heterocycles. The van der Waals surface area contributed by atoms with Gasteiger partial charge in [-0.25, -0.2) is 4.98 Å². The van der Waals surface area contributed by atoms with Crippen LogP contribution in [0.1, 0.15) is 44.2 Å². The SMILES string of the molecule is O=C(O)CC1(CNC(=O)Cc2csc(-c3cccc(Cl)c3)n2)CCCCC1. The molecule has 0 unspecified atom stereocenters. The smallest absolute Gasteiger partial charge is 0.303 e. The minimum Gasteiger partial charge on any atom is -0.481 e. The van der Waals surface area contributed by atoms with Crippen molar-refractivity contribution in [3.05, 3.63) is 40.4 Å². The van der Waals surface area contributed by atoms with Crippen molar-refractivity contribution in [3.8, 4) is 10.6 Å². The number of hydrogen-bond donors (Lipinski definition) is 2. The molecule has 0 bridgehead atoms. The largest absolute Gasteiger partial charge is 0.481 e. The Balaban J connectivity index is 1.58. The number of carboxylic acids is 1. The summed E-state index contributed by atoms with van der Waals surface area (Å²) in [7, 11) is 0. The molecule has 1 amide bonds. The van der Waals surface area contributed by atoms with Crippen molar-refractivity contribution in [1.82, 2.24) is 10.3 Å². The third kappa shape index (κ3) is 5.53. The number of nitrogens with one attached hydrogen (secondary N) is 1. The molecule has 0 spiro atoms. The Morgan fingerprint density at radius 3 is 2.74 bits per heavy atom. The summed E-state index contributed by atoms with van der Waals surface area (Å²) in [5.74, 6) is -0.912. The summed E-state index contributed by atoms with van der Waals surface area (Å²) >= 11 is 7.50. The number of carbonyl (C=O) groups excluding carboxylic acids is 1. The first-order valence-electron chi connectivity index (χ1n) is 9.15. The van der Waals surface area contributed by atoms with Crippen LogP contribution in [0, 0.1) is 5.41 Å². The molecule has 7 heteroatoms. The molecule has 1 fully saturated rings. The van der Waals surface area contributed by atoms with E-state index in [1.165, 1.54) is 11.3 Å². The number of benzene rings is 1. The Labute approximate surface area is 167 Å². The van der Waals surface area contributed by atoms with Crippen LogP contribution in [0.15, 0.2) is 29.6 Å². The van der Waals surface area contributed by atoms with Gasteiger partial charge in [-0.05, 0) is 30.4 Å². The van der Waals surface area contributed by atoms with Gasteiger partial charge in [-0.15, -0.1) is 11.3 Å². The fourth-order valence-corrected chi connectivity index (χ4v) is 4.70. The van der Waals surface area contributed by atoms with Crippen molar-refractivity contribution in [2.24, 2.45) is 5.41 Å². The number of carbonyl (C=O) groups is 2. The third-order valence-electron chi connectivity index (χ3n) is 5.07. The van der Waals surface area contributed by atoms with E-state index in [1.54, 1.807) is 0 Å². The lowest BCUT2D eigenvalue weighted by Crippen LogP contribution is -2.41. The molecule has 0 radical (unpaired) electrons. The zero-order valence-corrected chi connectivity index (χ0v) is 16.6. The standard InChI is InChI=1S/C20H23ClN2O3S/c21-15-6-4-5-14(9-15)19-23-16(12-27-19)10-17(24)22-13-20(11-18(25)26)7-2-1-3-8-20/h4-6,9,12H,1-3,7-8,10-11,13H2,(H,22,24)(H,25,26). The highest BCUT2D eigenvalue weighted by Crippen LogP contribution is 2.38. The predicted molar refractivity (Wildman–Crippen MR) is 107 cm³/mol. The lowest BCUT2D eigenvalue weighted by molar-refractivity contribution is -0.140. The maximum atomic E-state index is 12.4. The van der Waals surface area contributed by atoms with Crippen LogP contribution in [0.3, 0.4) is 0 Å². The van der Waals surface area contributed by atoms with Crippen LogP contribution < -0.4 is 5.32 Å². The topological polar surface area (TPSA) is 79.3 Å². The maximum Gasteiger partial charge on any atom is 0.303 e. The fourth-order valence-electron chi connectivity index (χ4n) is 3.69. The van der Waals surface area contributed by atoms with Crippen LogP contribution >= 0.6 is 22.9 Å². The first-order chi connectivity index (χ1) is 13.0. The highest BCUT2D eigenvalue weighted by atomic mass is 35.5. The van der Waals surface area contributed by atoms with Crippen molar-refractivity contribution < 1.29 is 14.7 Å². The Hall–Kier alpha value is -1.92. The first kappa shape index (κ1) is 19.8. The van der Waals surface area contributed by atoms with Gasteiger partial charge in [-0.2, -0.15) is 0 Å². The number of aromatic nitrogens is 1. The van der Waals surface area contributed by atoms with E-state index in [-0.39, 0.29) is 24.2 Å². The van der Waals surface area contributed by atoms with Crippen molar-refractivity contribution >= 4 is 34.8 Å². The Morgan fingerprint density at radius 1 is 1.26 bits per heavy atom. The average molecular weight is 407 g/mol. The highest BCUT2D eigenvalue weighted by Gasteiger charge is 2.34. The normalized spacial score (nSPS) is 16.0. The van der Waals surface area contributed by atoms with E-state index in [2.05, 4.69) is 10.3 Å². The van der Waals surface area contributed by atoms with Crippen molar-refractivity contribution in [2.45, 2.75) is 44.9 Å². The molecule has 3 rings (SSSR count). The molecule has 5 nitrogen and oxygen atoms in total. The van der Waals surface area contributed by atoms with E-state index in [1.807, 2.05) is 29.6 Å². The van der Waals surface area contributed by atoms with Gasteiger partial charge in [0.2, 0.25) is 5.91 Å². The summed E-state index contributed by atoms with van der Waals surface area (Å²) in [5.41, 5.74) is 1.33. The number of nitrogens with zero attached hydrogens (tertiary/aromatic N) is 1. The van der Waals surface area contributed by atoms with E-state index >= 15 is 0 Å². The van der Waals surface area contributed by atoms with Crippen LogP contribution in [0.4, 0.5) is 0 Å². The van der Waals surface area contributed by atoms with Crippen molar-refractivity contribution in [2.75, 3.05) is 6.54 Å². The number of rotatable bonds is 7. The van der Waals surface area contributed by atoms with Crippen molar-refractivity contribution in [3.63, 3.8) is 0 Å². The van der Waals surface area contributed by atoms with Gasteiger partial charge in [0.05, 0.1) is 18.5 Å². The molecule has 2 N–H and O–H groups in total. The van der Waals surface area contributed by atoms with Gasteiger partial charge in [0.15, 0.2) is 0 Å². The molecular formula is C20H23ClN2O3S. The Morgan fingerprint density at radius 2 is 2.04 bits per heavy atom. The minimum atomic E-state index is -0.795. The summed E-state index contributed by atoms with van der Waals surface area (Å²) in [6.45, 7) is 0.420. The lowest BCUT2D eigenvalue weighted by Gasteiger charge is -2.36. The first-order valence-corrected chi connectivity index (χ1v) is 10.4. The number of aliphatic carboxylic acids is 1. The van der Waals surface area contributed by atoms with Gasteiger partial charge in [0, 0.05) is 22.5 Å². The summed E-state index contributed by atoms with van der Waals surface area (Å²) in [5, 5.41) is 15.5. The van der Waals surface area contributed by atoms with Gasteiger partial charge in [-0.3, -0.25) is 9.59 Å². The second-order valence-corrected chi connectivity index (χ2v) is 8.53. The number of thiazole rings is 1. The van der Waals surface area contributed by atoms with Gasteiger partial charge >= 0.3 is 5.97 Å². The van der Waals surface area contributed by atoms with E-state index in [0.29, 0.717) is 17.3 Å².